The maximum Gasteiger partial charge on any atom is 0.148 e. The summed E-state index contributed by atoms with van der Waals surface area (Å²) in [6.45, 7) is 1.38. The van der Waals surface area contributed by atoms with Crippen LogP contribution in [0.3, 0.4) is 0 Å². The zero-order valence-electron chi connectivity index (χ0n) is 8.73. The Kier molecular flexibility index (Phi) is 4.76. The number of hydrogen-bond donors (Lipinski definition) is 0. The van der Waals surface area contributed by atoms with Crippen LogP contribution in [-0.4, -0.2) is 38.9 Å². The molecule has 1 heterocycles. The van der Waals surface area contributed by atoms with Crippen molar-refractivity contribution >= 4 is 37.1 Å². The van der Waals surface area contributed by atoms with Crippen molar-refractivity contribution in [2.24, 2.45) is 0 Å². The van der Waals surface area contributed by atoms with Gasteiger partial charge in [0, 0.05) is 34.1 Å². The molecule has 0 aliphatic rings. The standard InChI is InChI=1S/C9H14BrNO2S2/c1-11(3-4-15(2,12)13)6-9-5-8(10)7-14-9/h5,7H,3-4,6H2,1-2H3. The Morgan fingerprint density at radius 3 is 2.67 bits per heavy atom. The van der Waals surface area contributed by atoms with Crippen LogP contribution in [0.15, 0.2) is 15.9 Å². The van der Waals surface area contributed by atoms with Gasteiger partial charge < -0.3 is 4.90 Å². The van der Waals surface area contributed by atoms with E-state index >= 15 is 0 Å². The van der Waals surface area contributed by atoms with E-state index in [1.165, 1.54) is 11.1 Å². The summed E-state index contributed by atoms with van der Waals surface area (Å²) in [5.41, 5.74) is 0. The minimum Gasteiger partial charge on any atom is -0.300 e. The first-order valence-electron chi connectivity index (χ1n) is 4.46. The first-order chi connectivity index (χ1) is 6.87. The van der Waals surface area contributed by atoms with Crippen LogP contribution in [0.2, 0.25) is 0 Å². The van der Waals surface area contributed by atoms with E-state index in [1.807, 2.05) is 17.3 Å². The minimum atomic E-state index is -2.85. The summed E-state index contributed by atoms with van der Waals surface area (Å²) in [5, 5.41) is 2.03. The fourth-order valence-corrected chi connectivity index (χ4v) is 3.28. The summed E-state index contributed by atoms with van der Waals surface area (Å²) < 4.78 is 23.0. The lowest BCUT2D eigenvalue weighted by molar-refractivity contribution is 0.349. The number of thiophene rings is 1. The maximum atomic E-state index is 11.0. The third-order valence-electron chi connectivity index (χ3n) is 1.89. The zero-order chi connectivity index (χ0) is 11.5. The second-order valence-corrected chi connectivity index (χ2v) is 7.77. The Hall–Kier alpha value is 0.0900. The molecule has 0 aromatic carbocycles. The van der Waals surface area contributed by atoms with E-state index in [9.17, 15) is 8.42 Å². The molecule has 0 bridgehead atoms. The quantitative estimate of drug-likeness (QED) is 0.834. The van der Waals surface area contributed by atoms with Crippen molar-refractivity contribution in [3.05, 3.63) is 20.8 Å². The smallest absolute Gasteiger partial charge is 0.148 e. The molecule has 0 radical (unpaired) electrons. The highest BCUT2D eigenvalue weighted by Gasteiger charge is 2.07. The fraction of sp³-hybridized carbons (Fsp3) is 0.556. The van der Waals surface area contributed by atoms with Crippen molar-refractivity contribution in [3.8, 4) is 0 Å². The van der Waals surface area contributed by atoms with Crippen LogP contribution in [0.4, 0.5) is 0 Å². The molecule has 0 fully saturated rings. The topological polar surface area (TPSA) is 37.4 Å². The molecule has 0 aliphatic heterocycles. The van der Waals surface area contributed by atoms with Gasteiger partial charge in [-0.15, -0.1) is 11.3 Å². The molecule has 0 amide bonds. The van der Waals surface area contributed by atoms with Crippen molar-refractivity contribution < 1.29 is 8.42 Å². The average Bonchev–Trinajstić information content (AvgIpc) is 2.47. The van der Waals surface area contributed by atoms with Crippen LogP contribution in [0.1, 0.15) is 4.88 Å². The third kappa shape index (κ3) is 5.65. The Labute approximate surface area is 103 Å². The Morgan fingerprint density at radius 2 is 2.20 bits per heavy atom. The number of halogens is 1. The molecule has 0 saturated heterocycles. The van der Waals surface area contributed by atoms with Gasteiger partial charge in [-0.3, -0.25) is 0 Å². The molecule has 1 aromatic rings. The highest BCUT2D eigenvalue weighted by atomic mass is 79.9. The van der Waals surface area contributed by atoms with Gasteiger partial charge in [0.25, 0.3) is 0 Å². The largest absolute Gasteiger partial charge is 0.300 e. The maximum absolute atomic E-state index is 11.0. The summed E-state index contributed by atoms with van der Waals surface area (Å²) in [4.78, 5) is 3.25. The van der Waals surface area contributed by atoms with Gasteiger partial charge in [-0.25, -0.2) is 8.42 Å². The minimum absolute atomic E-state index is 0.218. The van der Waals surface area contributed by atoms with Gasteiger partial charge >= 0.3 is 0 Å². The van der Waals surface area contributed by atoms with E-state index in [0.717, 1.165) is 11.0 Å². The number of nitrogens with zero attached hydrogens (tertiary/aromatic N) is 1. The molecule has 0 unspecified atom stereocenters. The van der Waals surface area contributed by atoms with Gasteiger partial charge in [-0.1, -0.05) is 0 Å². The second-order valence-electron chi connectivity index (χ2n) is 3.60. The summed E-state index contributed by atoms with van der Waals surface area (Å²) >= 11 is 5.06. The Balaban J connectivity index is 2.40. The van der Waals surface area contributed by atoms with Crippen LogP contribution in [-0.2, 0) is 16.4 Å². The molecular weight excluding hydrogens is 298 g/mol. The van der Waals surface area contributed by atoms with Gasteiger partial charge in [0.05, 0.1) is 5.75 Å². The number of hydrogen-bond acceptors (Lipinski definition) is 4. The normalized spacial score (nSPS) is 12.3. The van der Waals surface area contributed by atoms with E-state index in [0.29, 0.717) is 6.54 Å². The van der Waals surface area contributed by atoms with Crippen molar-refractivity contribution in [2.45, 2.75) is 6.54 Å². The van der Waals surface area contributed by atoms with Crippen molar-refractivity contribution in [1.29, 1.82) is 0 Å². The molecule has 1 aromatic heterocycles. The Morgan fingerprint density at radius 1 is 1.53 bits per heavy atom. The number of rotatable bonds is 5. The SMILES string of the molecule is CN(CCS(C)(=O)=O)Cc1cc(Br)cs1. The van der Waals surface area contributed by atoms with E-state index in [-0.39, 0.29) is 5.75 Å². The van der Waals surface area contributed by atoms with Gasteiger partial charge in [-0.2, -0.15) is 0 Å². The van der Waals surface area contributed by atoms with E-state index in [4.69, 9.17) is 0 Å². The van der Waals surface area contributed by atoms with Gasteiger partial charge in [0.1, 0.15) is 9.84 Å². The first-order valence-corrected chi connectivity index (χ1v) is 8.19. The number of sulfone groups is 1. The van der Waals surface area contributed by atoms with Crippen molar-refractivity contribution in [2.75, 3.05) is 25.6 Å². The second kappa shape index (κ2) is 5.43. The fourth-order valence-electron chi connectivity index (χ4n) is 1.10. The van der Waals surface area contributed by atoms with Crippen molar-refractivity contribution in [1.82, 2.24) is 4.90 Å². The zero-order valence-corrected chi connectivity index (χ0v) is 12.0. The monoisotopic (exact) mass is 311 g/mol. The van der Waals surface area contributed by atoms with E-state index in [1.54, 1.807) is 11.3 Å². The predicted octanol–water partition coefficient (Wildman–Crippen LogP) is 1.99. The lowest BCUT2D eigenvalue weighted by Gasteiger charge is -2.14. The summed E-state index contributed by atoms with van der Waals surface area (Å²) in [6, 6.07) is 2.06. The first kappa shape index (κ1) is 13.2. The molecular formula is C9H14BrNO2S2. The molecule has 0 N–H and O–H groups in total. The van der Waals surface area contributed by atoms with Crippen LogP contribution in [0.5, 0.6) is 0 Å². The summed E-state index contributed by atoms with van der Waals surface area (Å²) in [5.74, 6) is 0.218. The van der Waals surface area contributed by atoms with E-state index < -0.39 is 9.84 Å². The van der Waals surface area contributed by atoms with E-state index in [2.05, 4.69) is 22.0 Å². The molecule has 0 spiro atoms. The third-order valence-corrected chi connectivity index (χ3v) is 4.50. The van der Waals surface area contributed by atoms with Crippen LogP contribution >= 0.6 is 27.3 Å². The molecule has 1 rings (SSSR count). The summed E-state index contributed by atoms with van der Waals surface area (Å²) in [7, 11) is -0.924. The van der Waals surface area contributed by atoms with Gasteiger partial charge in [0.15, 0.2) is 0 Å². The van der Waals surface area contributed by atoms with Crippen LogP contribution in [0.25, 0.3) is 0 Å². The Bertz CT molecular complexity index is 414. The molecule has 6 heteroatoms. The molecule has 0 saturated carbocycles. The average molecular weight is 312 g/mol. The highest BCUT2D eigenvalue weighted by molar-refractivity contribution is 9.10. The van der Waals surface area contributed by atoms with Crippen molar-refractivity contribution in [3.63, 3.8) is 0 Å². The highest BCUT2D eigenvalue weighted by Crippen LogP contribution is 2.20. The molecule has 15 heavy (non-hydrogen) atoms. The molecule has 0 aliphatic carbocycles. The van der Waals surface area contributed by atoms with Gasteiger partial charge in [0.2, 0.25) is 0 Å². The molecule has 0 atom stereocenters. The molecule has 3 nitrogen and oxygen atoms in total. The van der Waals surface area contributed by atoms with Crippen LogP contribution in [0, 0.1) is 0 Å². The van der Waals surface area contributed by atoms with Gasteiger partial charge in [-0.05, 0) is 29.0 Å². The predicted molar refractivity (Wildman–Crippen MR) is 68.1 cm³/mol. The summed E-state index contributed by atoms with van der Waals surface area (Å²) in [6.07, 6.45) is 1.27. The lowest BCUT2D eigenvalue weighted by Crippen LogP contribution is -2.24. The van der Waals surface area contributed by atoms with Crippen LogP contribution < -0.4 is 0 Å². The molecule has 86 valence electrons. The lowest BCUT2D eigenvalue weighted by atomic mass is 10.4.